The van der Waals surface area contributed by atoms with E-state index in [-0.39, 0.29) is 23.2 Å². The molecule has 0 saturated carbocycles. The molecule has 130 valence electrons. The third-order valence-electron chi connectivity index (χ3n) is 4.31. The summed E-state index contributed by atoms with van der Waals surface area (Å²) in [5.41, 5.74) is -0.238. The highest BCUT2D eigenvalue weighted by Crippen LogP contribution is 2.38. The Balaban J connectivity index is 2.37. The maximum atomic E-state index is 14.1. The van der Waals surface area contributed by atoms with Crippen molar-refractivity contribution in [3.63, 3.8) is 0 Å². The number of aromatic nitrogens is 1. The minimum Gasteiger partial charge on any atom is -0.400 e. The molecule has 0 aromatic carbocycles. The van der Waals surface area contributed by atoms with Gasteiger partial charge in [-0.2, -0.15) is 0 Å². The molecule has 1 aliphatic rings. The quantitative estimate of drug-likeness (QED) is 0.667. The van der Waals surface area contributed by atoms with Crippen molar-refractivity contribution < 1.29 is 18.5 Å². The molecular weight excluding hydrogens is 333 g/mol. The second kappa shape index (κ2) is 6.82. The molecule has 0 unspecified atom stereocenters. The van der Waals surface area contributed by atoms with Crippen LogP contribution >= 0.6 is 11.6 Å². The first-order valence-corrected chi connectivity index (χ1v) is 8.02. The third-order valence-corrected chi connectivity index (χ3v) is 4.58. The third kappa shape index (κ3) is 3.96. The van der Waals surface area contributed by atoms with Crippen molar-refractivity contribution in [3.05, 3.63) is 34.3 Å². The first-order valence-electron chi connectivity index (χ1n) is 7.64. The lowest BCUT2D eigenvalue weighted by Gasteiger charge is -2.32. The molecule has 0 radical (unpaired) electrons. The fourth-order valence-corrected chi connectivity index (χ4v) is 2.33. The minimum atomic E-state index is -0.701. The number of carbonyl (C=O) groups excluding carboxylic acids is 1. The zero-order valence-corrected chi connectivity index (χ0v) is 15.2. The Labute approximate surface area is 146 Å². The summed E-state index contributed by atoms with van der Waals surface area (Å²) >= 11 is 5.73. The number of nitrogens with one attached hydrogen (secondary N) is 1. The number of rotatable bonds is 4. The summed E-state index contributed by atoms with van der Waals surface area (Å²) in [6, 6.07) is 1.50. The largest absolute Gasteiger partial charge is 0.492 e. The van der Waals surface area contributed by atoms with E-state index in [4.69, 9.17) is 20.9 Å². The van der Waals surface area contributed by atoms with Crippen LogP contribution in [-0.2, 0) is 14.1 Å². The Morgan fingerprint density at radius 2 is 1.96 bits per heavy atom. The van der Waals surface area contributed by atoms with Crippen LogP contribution in [0.4, 0.5) is 4.39 Å². The Morgan fingerprint density at radius 3 is 2.50 bits per heavy atom. The fourth-order valence-electron chi connectivity index (χ4n) is 2.17. The molecule has 0 bridgehead atoms. The number of pyridine rings is 1. The second-order valence-corrected chi connectivity index (χ2v) is 7.08. The standard InChI is InChI=1S/C16H21BClFN2O3/c1-10(22)21-9-12(8-11-6-7-20-14(18)13(11)19)17-23-15(2,3)16(4,5)24-17/h6-8H,9H2,1-5H3,(H,21,22). The predicted molar refractivity (Wildman–Crippen MR) is 91.9 cm³/mol. The normalized spacial score (nSPS) is 19.5. The van der Waals surface area contributed by atoms with E-state index >= 15 is 0 Å². The molecule has 0 atom stereocenters. The van der Waals surface area contributed by atoms with E-state index < -0.39 is 24.1 Å². The lowest BCUT2D eigenvalue weighted by molar-refractivity contribution is -0.118. The topological polar surface area (TPSA) is 60.5 Å². The lowest BCUT2D eigenvalue weighted by Crippen LogP contribution is -2.41. The van der Waals surface area contributed by atoms with Crippen molar-refractivity contribution >= 4 is 30.7 Å². The number of carbonyl (C=O) groups is 1. The Hall–Kier alpha value is -1.44. The zero-order chi connectivity index (χ0) is 18.1. The van der Waals surface area contributed by atoms with Crippen LogP contribution in [0.5, 0.6) is 0 Å². The summed E-state index contributed by atoms with van der Waals surface area (Å²) in [7, 11) is -0.701. The molecule has 1 fully saturated rings. The van der Waals surface area contributed by atoms with Crippen LogP contribution in [0.2, 0.25) is 5.15 Å². The Kier molecular flexibility index (Phi) is 5.37. The van der Waals surface area contributed by atoms with Gasteiger partial charge in [-0.3, -0.25) is 4.79 Å². The van der Waals surface area contributed by atoms with Gasteiger partial charge in [0.15, 0.2) is 11.0 Å². The van der Waals surface area contributed by atoms with Crippen molar-refractivity contribution in [2.75, 3.05) is 6.54 Å². The molecule has 1 amide bonds. The first-order chi connectivity index (χ1) is 11.0. The van der Waals surface area contributed by atoms with Gasteiger partial charge >= 0.3 is 7.12 Å². The van der Waals surface area contributed by atoms with Gasteiger partial charge in [-0.05, 0) is 39.2 Å². The van der Waals surface area contributed by atoms with Crippen LogP contribution in [0.1, 0.15) is 40.2 Å². The number of amides is 1. The van der Waals surface area contributed by atoms with Gasteiger partial charge in [-0.1, -0.05) is 17.7 Å². The maximum absolute atomic E-state index is 14.1. The molecule has 1 N–H and O–H groups in total. The predicted octanol–water partition coefficient (Wildman–Crippen LogP) is 3.03. The van der Waals surface area contributed by atoms with Crippen molar-refractivity contribution in [2.45, 2.75) is 45.8 Å². The molecule has 8 heteroatoms. The average molecular weight is 355 g/mol. The maximum Gasteiger partial charge on any atom is 0.492 e. The summed E-state index contributed by atoms with van der Waals surface area (Å²) < 4.78 is 26.1. The summed E-state index contributed by atoms with van der Waals surface area (Å²) in [5, 5.41) is 2.48. The van der Waals surface area contributed by atoms with Crippen LogP contribution in [0, 0.1) is 5.82 Å². The number of hydrogen-bond acceptors (Lipinski definition) is 4. The molecule has 0 aliphatic carbocycles. The van der Waals surface area contributed by atoms with Gasteiger partial charge in [0.25, 0.3) is 0 Å². The second-order valence-electron chi connectivity index (χ2n) is 6.72. The van der Waals surface area contributed by atoms with E-state index in [2.05, 4.69) is 10.3 Å². The van der Waals surface area contributed by atoms with Crippen molar-refractivity contribution in [2.24, 2.45) is 0 Å². The van der Waals surface area contributed by atoms with Crippen LogP contribution in [0.15, 0.2) is 17.7 Å². The molecule has 1 saturated heterocycles. The van der Waals surface area contributed by atoms with Crippen molar-refractivity contribution in [1.82, 2.24) is 10.3 Å². The molecule has 2 rings (SSSR count). The van der Waals surface area contributed by atoms with E-state index in [1.165, 1.54) is 19.2 Å². The van der Waals surface area contributed by atoms with Gasteiger partial charge in [0, 0.05) is 25.2 Å². The fraction of sp³-hybridized carbons (Fsp3) is 0.500. The molecule has 5 nitrogen and oxygen atoms in total. The Bertz CT molecular complexity index is 663. The Morgan fingerprint density at radius 1 is 1.38 bits per heavy atom. The van der Waals surface area contributed by atoms with Crippen LogP contribution in [0.3, 0.4) is 0 Å². The van der Waals surface area contributed by atoms with Gasteiger partial charge in [-0.15, -0.1) is 0 Å². The summed E-state index contributed by atoms with van der Waals surface area (Å²) in [5.74, 6) is -0.832. The summed E-state index contributed by atoms with van der Waals surface area (Å²) in [6.45, 7) is 9.27. The SMILES string of the molecule is CC(=O)NCC(=Cc1ccnc(Cl)c1F)B1OC(C)(C)C(C)(C)O1. The smallest absolute Gasteiger partial charge is 0.400 e. The lowest BCUT2D eigenvalue weighted by atomic mass is 9.77. The van der Waals surface area contributed by atoms with Crippen LogP contribution in [0.25, 0.3) is 6.08 Å². The van der Waals surface area contributed by atoms with E-state index in [0.29, 0.717) is 5.47 Å². The molecule has 0 spiro atoms. The van der Waals surface area contributed by atoms with E-state index in [1.54, 1.807) is 6.08 Å². The van der Waals surface area contributed by atoms with Gasteiger partial charge in [0.05, 0.1) is 11.2 Å². The van der Waals surface area contributed by atoms with E-state index in [0.717, 1.165) is 0 Å². The molecule has 1 aliphatic heterocycles. The number of nitrogens with zero attached hydrogens (tertiary/aromatic N) is 1. The minimum absolute atomic E-state index is 0.172. The highest BCUT2D eigenvalue weighted by Gasteiger charge is 2.52. The number of hydrogen-bond donors (Lipinski definition) is 1. The van der Waals surface area contributed by atoms with Gasteiger partial charge in [-0.25, -0.2) is 9.37 Å². The monoisotopic (exact) mass is 354 g/mol. The molecule has 2 heterocycles. The highest BCUT2D eigenvalue weighted by molar-refractivity contribution is 6.56. The van der Waals surface area contributed by atoms with Crippen LogP contribution < -0.4 is 5.32 Å². The van der Waals surface area contributed by atoms with E-state index in [1.807, 2.05) is 27.7 Å². The summed E-state index contributed by atoms with van der Waals surface area (Å²) in [4.78, 5) is 15.0. The van der Waals surface area contributed by atoms with Gasteiger partial charge < -0.3 is 14.6 Å². The highest BCUT2D eigenvalue weighted by atomic mass is 35.5. The first kappa shape index (κ1) is 18.9. The summed E-state index contributed by atoms with van der Waals surface area (Å²) in [6.07, 6.45) is 2.98. The average Bonchev–Trinajstić information content (AvgIpc) is 2.67. The molecule has 1 aromatic rings. The number of halogens is 2. The van der Waals surface area contributed by atoms with Crippen molar-refractivity contribution in [1.29, 1.82) is 0 Å². The zero-order valence-electron chi connectivity index (χ0n) is 14.4. The van der Waals surface area contributed by atoms with E-state index in [9.17, 15) is 9.18 Å². The van der Waals surface area contributed by atoms with Gasteiger partial charge in [0.1, 0.15) is 0 Å². The van der Waals surface area contributed by atoms with Gasteiger partial charge in [0.2, 0.25) is 5.91 Å². The molecular formula is C16H21BClFN2O3. The van der Waals surface area contributed by atoms with Crippen molar-refractivity contribution in [3.8, 4) is 0 Å². The van der Waals surface area contributed by atoms with Crippen LogP contribution in [-0.4, -0.2) is 35.8 Å². The molecule has 1 aromatic heterocycles. The molecule has 24 heavy (non-hydrogen) atoms.